The quantitative estimate of drug-likeness (QED) is 0.360. The highest BCUT2D eigenvalue weighted by atomic mass is 79.9. The first-order valence-corrected chi connectivity index (χ1v) is 9.91. The van der Waals surface area contributed by atoms with Gasteiger partial charge in [0.1, 0.15) is 12.4 Å². The lowest BCUT2D eigenvalue weighted by Crippen LogP contribution is -2.30. The Balaban J connectivity index is 0.00000160. The number of rotatable bonds is 6. The molecule has 0 aliphatic heterocycles. The molecule has 8 heteroatoms. The maximum absolute atomic E-state index is 6.25. The van der Waals surface area contributed by atoms with E-state index < -0.39 is 0 Å². The Morgan fingerprint density at radius 3 is 2.70 bits per heavy atom. The molecule has 2 aromatic heterocycles. The molecule has 0 radical (unpaired) electrons. The first kappa shape index (κ1) is 24.2. The number of ether oxygens (including phenoxy) is 1. The average Bonchev–Trinajstić information content (AvgIpc) is 3.07. The third kappa shape index (κ3) is 5.73. The fourth-order valence-corrected chi connectivity index (χ4v) is 3.65. The van der Waals surface area contributed by atoms with Crippen molar-refractivity contribution < 1.29 is 4.74 Å². The molecule has 4 aromatic rings. The second-order valence-corrected chi connectivity index (χ2v) is 7.81. The number of aromatic amines is 1. The van der Waals surface area contributed by atoms with Gasteiger partial charge in [-0.2, -0.15) is 5.10 Å². The van der Waals surface area contributed by atoms with Gasteiger partial charge in [-0.3, -0.25) is 10.1 Å². The van der Waals surface area contributed by atoms with Crippen LogP contribution in [0.3, 0.4) is 0 Å². The zero-order valence-corrected chi connectivity index (χ0v) is 19.6. The fraction of sp³-hybridized carbons (Fsp3) is 0.182. The Morgan fingerprint density at radius 1 is 1.07 bits per heavy atom. The summed E-state index contributed by atoms with van der Waals surface area (Å²) in [5.74, 6) is 0.714. The van der Waals surface area contributed by atoms with Crippen LogP contribution in [-0.4, -0.2) is 27.8 Å². The van der Waals surface area contributed by atoms with Crippen molar-refractivity contribution in [3.05, 3.63) is 76.7 Å². The number of hydrogen-bond donors (Lipinski definition) is 2. The molecule has 4 rings (SSSR count). The zero-order chi connectivity index (χ0) is 19.5. The standard InChI is InChI=1S/C22H21BrN4O.2ClH/c1-14-21-10-16(5-6-22(21)27-26-14)17-9-20(12-25-11-17)28-13-19(24)8-15-3-2-4-18(23)7-15;;/h2-7,9-12,19H,8,13,24H2,1H3,(H,26,27);2*1H/t19-;;/m0../s1. The van der Waals surface area contributed by atoms with Crippen LogP contribution in [0.15, 0.2) is 65.4 Å². The number of nitrogens with two attached hydrogens (primary N) is 1. The van der Waals surface area contributed by atoms with Gasteiger partial charge in [0, 0.05) is 33.4 Å². The number of halogens is 3. The first-order chi connectivity index (χ1) is 13.6. The summed E-state index contributed by atoms with van der Waals surface area (Å²) >= 11 is 3.49. The van der Waals surface area contributed by atoms with Crippen molar-refractivity contribution in [1.82, 2.24) is 15.2 Å². The largest absolute Gasteiger partial charge is 0.490 e. The number of H-pyrrole nitrogens is 1. The van der Waals surface area contributed by atoms with Gasteiger partial charge < -0.3 is 10.5 Å². The molecular formula is C22H23BrCl2N4O. The van der Waals surface area contributed by atoms with Crippen LogP contribution in [0, 0.1) is 6.92 Å². The summed E-state index contributed by atoms with van der Waals surface area (Å²) in [5.41, 5.74) is 11.5. The number of fused-ring (bicyclic) bond motifs is 1. The molecule has 0 saturated heterocycles. The number of hydrogen-bond acceptors (Lipinski definition) is 4. The lowest BCUT2D eigenvalue weighted by Gasteiger charge is -2.14. The molecule has 0 aliphatic carbocycles. The highest BCUT2D eigenvalue weighted by molar-refractivity contribution is 9.10. The number of aromatic nitrogens is 3. The third-order valence-corrected chi connectivity index (χ3v) is 5.14. The number of benzene rings is 2. The maximum atomic E-state index is 6.25. The summed E-state index contributed by atoms with van der Waals surface area (Å²) in [5, 5.41) is 8.40. The summed E-state index contributed by atoms with van der Waals surface area (Å²) in [4.78, 5) is 4.33. The summed E-state index contributed by atoms with van der Waals surface area (Å²) < 4.78 is 6.97. The normalized spacial score (nSPS) is 11.4. The second-order valence-electron chi connectivity index (χ2n) is 6.89. The van der Waals surface area contributed by atoms with Gasteiger partial charge >= 0.3 is 0 Å². The Morgan fingerprint density at radius 2 is 1.90 bits per heavy atom. The molecule has 0 bridgehead atoms. The Hall–Kier alpha value is -2.12. The highest BCUT2D eigenvalue weighted by Crippen LogP contribution is 2.27. The van der Waals surface area contributed by atoms with E-state index in [0.29, 0.717) is 12.4 Å². The van der Waals surface area contributed by atoms with E-state index in [2.05, 4.69) is 49.3 Å². The Kier molecular flexibility index (Phi) is 8.67. The number of pyridine rings is 1. The van der Waals surface area contributed by atoms with Gasteiger partial charge in [-0.05, 0) is 54.8 Å². The number of nitrogens with one attached hydrogen (secondary N) is 1. The van der Waals surface area contributed by atoms with E-state index in [4.69, 9.17) is 10.5 Å². The molecule has 158 valence electrons. The molecule has 0 fully saturated rings. The zero-order valence-electron chi connectivity index (χ0n) is 16.3. The van der Waals surface area contributed by atoms with Gasteiger partial charge in [0.25, 0.3) is 0 Å². The van der Waals surface area contributed by atoms with E-state index in [9.17, 15) is 0 Å². The van der Waals surface area contributed by atoms with Gasteiger partial charge in [0.15, 0.2) is 0 Å². The monoisotopic (exact) mass is 508 g/mol. The van der Waals surface area contributed by atoms with Gasteiger partial charge in [-0.25, -0.2) is 0 Å². The topological polar surface area (TPSA) is 76.8 Å². The molecule has 0 aliphatic rings. The van der Waals surface area contributed by atoms with E-state index in [0.717, 1.165) is 38.6 Å². The highest BCUT2D eigenvalue weighted by Gasteiger charge is 2.09. The minimum atomic E-state index is -0.0945. The minimum absolute atomic E-state index is 0. The van der Waals surface area contributed by atoms with Gasteiger partial charge in [0.05, 0.1) is 11.7 Å². The predicted molar refractivity (Wildman–Crippen MR) is 130 cm³/mol. The predicted octanol–water partition coefficient (Wildman–Crippen LogP) is 5.49. The molecule has 0 saturated carbocycles. The van der Waals surface area contributed by atoms with E-state index in [-0.39, 0.29) is 30.9 Å². The van der Waals surface area contributed by atoms with Crippen molar-refractivity contribution in [2.24, 2.45) is 5.73 Å². The maximum Gasteiger partial charge on any atom is 0.138 e. The molecular weight excluding hydrogens is 487 g/mol. The van der Waals surface area contributed by atoms with Crippen LogP contribution in [0.25, 0.3) is 22.0 Å². The Bertz CT molecular complexity index is 1120. The van der Waals surface area contributed by atoms with Gasteiger partial charge in [-0.15, -0.1) is 24.8 Å². The molecule has 5 nitrogen and oxygen atoms in total. The fourth-order valence-electron chi connectivity index (χ4n) is 3.20. The first-order valence-electron chi connectivity index (χ1n) is 9.11. The average molecular weight is 510 g/mol. The molecule has 2 heterocycles. The van der Waals surface area contributed by atoms with Crippen molar-refractivity contribution in [3.63, 3.8) is 0 Å². The van der Waals surface area contributed by atoms with Crippen LogP contribution in [0.4, 0.5) is 0 Å². The molecule has 0 unspecified atom stereocenters. The smallest absolute Gasteiger partial charge is 0.138 e. The SMILES string of the molecule is Cc1[nH]nc2ccc(-c3cncc(OC[C@@H](N)Cc4cccc(Br)c4)c3)cc12.Cl.Cl. The molecule has 30 heavy (non-hydrogen) atoms. The Labute approximate surface area is 196 Å². The van der Waals surface area contributed by atoms with Crippen LogP contribution in [-0.2, 0) is 6.42 Å². The molecule has 3 N–H and O–H groups in total. The molecule has 0 spiro atoms. The second kappa shape index (κ2) is 10.8. The van der Waals surface area contributed by atoms with Crippen LogP contribution in [0.5, 0.6) is 5.75 Å². The van der Waals surface area contributed by atoms with Crippen molar-refractivity contribution >= 4 is 51.6 Å². The van der Waals surface area contributed by atoms with Crippen LogP contribution >= 0.6 is 40.7 Å². The molecule has 2 aromatic carbocycles. The lowest BCUT2D eigenvalue weighted by atomic mass is 10.0. The van der Waals surface area contributed by atoms with Crippen molar-refractivity contribution in [2.75, 3.05) is 6.61 Å². The van der Waals surface area contributed by atoms with Crippen molar-refractivity contribution in [1.29, 1.82) is 0 Å². The van der Waals surface area contributed by atoms with Gasteiger partial charge in [-0.1, -0.05) is 34.1 Å². The summed E-state index contributed by atoms with van der Waals surface area (Å²) in [6.07, 6.45) is 4.31. The van der Waals surface area contributed by atoms with E-state index in [1.165, 1.54) is 5.56 Å². The molecule has 0 amide bonds. The van der Waals surface area contributed by atoms with Gasteiger partial charge in [0.2, 0.25) is 0 Å². The van der Waals surface area contributed by atoms with E-state index >= 15 is 0 Å². The summed E-state index contributed by atoms with van der Waals surface area (Å²) in [6.45, 7) is 2.45. The summed E-state index contributed by atoms with van der Waals surface area (Å²) in [6, 6.07) is 16.2. The lowest BCUT2D eigenvalue weighted by molar-refractivity contribution is 0.286. The van der Waals surface area contributed by atoms with Crippen LogP contribution in [0.1, 0.15) is 11.3 Å². The number of nitrogens with zero attached hydrogens (tertiary/aromatic N) is 2. The van der Waals surface area contributed by atoms with E-state index in [1.54, 1.807) is 6.20 Å². The van der Waals surface area contributed by atoms with Crippen molar-refractivity contribution in [2.45, 2.75) is 19.4 Å². The number of aryl methyl sites for hydroxylation is 1. The van der Waals surface area contributed by atoms with Crippen LogP contribution in [0.2, 0.25) is 0 Å². The molecule has 1 atom stereocenters. The summed E-state index contributed by atoms with van der Waals surface area (Å²) in [7, 11) is 0. The third-order valence-electron chi connectivity index (χ3n) is 4.64. The van der Waals surface area contributed by atoms with E-state index in [1.807, 2.05) is 43.5 Å². The van der Waals surface area contributed by atoms with Crippen LogP contribution < -0.4 is 10.5 Å². The van der Waals surface area contributed by atoms with Crippen molar-refractivity contribution in [3.8, 4) is 16.9 Å². The minimum Gasteiger partial charge on any atom is -0.490 e.